The van der Waals surface area contributed by atoms with Crippen LogP contribution in [-0.2, 0) is 9.84 Å². The third-order valence-corrected chi connectivity index (χ3v) is 3.77. The van der Waals surface area contributed by atoms with Gasteiger partial charge in [0.2, 0.25) is 0 Å². The molecule has 1 heterocycles. The predicted octanol–water partition coefficient (Wildman–Crippen LogP) is 1.62. The van der Waals surface area contributed by atoms with Crippen molar-refractivity contribution < 1.29 is 12.8 Å². The van der Waals surface area contributed by atoms with Gasteiger partial charge in [-0.05, 0) is 18.2 Å². The third kappa shape index (κ3) is 1.39. The quantitative estimate of drug-likeness (QED) is 0.757. The maximum absolute atomic E-state index is 11.5. The Balaban J connectivity index is 2.65. The largest absolute Gasteiger partial charge is 0.443 e. The Morgan fingerprint density at radius 1 is 1.43 bits per heavy atom. The molecule has 0 unspecified atom stereocenters. The summed E-state index contributed by atoms with van der Waals surface area (Å²) in [6.07, 6.45) is 1.30. The maximum atomic E-state index is 11.5. The Morgan fingerprint density at radius 3 is 2.93 bits per heavy atom. The highest BCUT2D eigenvalue weighted by Crippen LogP contribution is 2.18. The van der Waals surface area contributed by atoms with E-state index in [2.05, 4.69) is 4.98 Å². The van der Waals surface area contributed by atoms with Crippen molar-refractivity contribution in [3.63, 3.8) is 0 Å². The molecule has 0 bridgehead atoms. The maximum Gasteiger partial charge on any atom is 0.181 e. The summed E-state index contributed by atoms with van der Waals surface area (Å²) in [5.41, 5.74) is 1.17. The Bertz CT molecular complexity index is 556. The van der Waals surface area contributed by atoms with Crippen molar-refractivity contribution in [1.82, 2.24) is 4.98 Å². The topological polar surface area (TPSA) is 60.2 Å². The molecule has 0 atom stereocenters. The van der Waals surface area contributed by atoms with Gasteiger partial charge in [0.15, 0.2) is 21.8 Å². The molecule has 74 valence electrons. The van der Waals surface area contributed by atoms with Crippen molar-refractivity contribution in [2.24, 2.45) is 0 Å². The van der Waals surface area contributed by atoms with Crippen LogP contribution in [0.1, 0.15) is 6.92 Å². The molecule has 0 spiro atoms. The van der Waals surface area contributed by atoms with Crippen LogP contribution in [0.2, 0.25) is 0 Å². The lowest BCUT2D eigenvalue weighted by atomic mass is 10.3. The van der Waals surface area contributed by atoms with Gasteiger partial charge in [-0.3, -0.25) is 0 Å². The fraction of sp³-hybridized carbons (Fsp3) is 0.222. The molecule has 0 amide bonds. The number of benzene rings is 1. The van der Waals surface area contributed by atoms with Crippen LogP contribution in [-0.4, -0.2) is 19.2 Å². The molecule has 0 saturated heterocycles. The molecule has 0 aliphatic heterocycles. The lowest BCUT2D eigenvalue weighted by Crippen LogP contribution is -2.02. The minimum atomic E-state index is -3.15. The lowest BCUT2D eigenvalue weighted by Gasteiger charge is -1.99. The van der Waals surface area contributed by atoms with Crippen molar-refractivity contribution in [3.8, 4) is 0 Å². The number of hydrogen-bond donors (Lipinski definition) is 0. The van der Waals surface area contributed by atoms with Crippen LogP contribution in [0, 0.1) is 0 Å². The summed E-state index contributed by atoms with van der Waals surface area (Å²) in [6, 6.07) is 4.68. The van der Waals surface area contributed by atoms with Crippen molar-refractivity contribution in [2.45, 2.75) is 11.8 Å². The van der Waals surface area contributed by atoms with Crippen LogP contribution in [0.15, 0.2) is 33.9 Å². The first-order chi connectivity index (χ1) is 6.63. The van der Waals surface area contributed by atoms with Gasteiger partial charge < -0.3 is 4.42 Å². The first-order valence-corrected chi connectivity index (χ1v) is 5.85. The molecule has 0 aliphatic carbocycles. The third-order valence-electron chi connectivity index (χ3n) is 2.04. The molecule has 0 fully saturated rings. The highest BCUT2D eigenvalue weighted by atomic mass is 32.2. The van der Waals surface area contributed by atoms with Gasteiger partial charge in [0, 0.05) is 0 Å². The van der Waals surface area contributed by atoms with Gasteiger partial charge in [0.05, 0.1) is 10.6 Å². The second-order valence-corrected chi connectivity index (χ2v) is 5.16. The number of aromatic nitrogens is 1. The van der Waals surface area contributed by atoms with Gasteiger partial charge in [-0.1, -0.05) is 6.92 Å². The van der Waals surface area contributed by atoms with E-state index in [1.54, 1.807) is 13.0 Å². The zero-order valence-corrected chi connectivity index (χ0v) is 8.41. The molecule has 0 N–H and O–H groups in total. The van der Waals surface area contributed by atoms with E-state index in [9.17, 15) is 8.42 Å². The highest BCUT2D eigenvalue weighted by Gasteiger charge is 2.12. The number of fused-ring (bicyclic) bond motifs is 1. The van der Waals surface area contributed by atoms with Gasteiger partial charge >= 0.3 is 0 Å². The van der Waals surface area contributed by atoms with Crippen molar-refractivity contribution >= 4 is 20.9 Å². The standard InChI is InChI=1S/C9H9NO3S/c1-2-14(11,12)7-3-4-9-8(5-7)10-6-13-9/h3-6H,2H2,1H3. The van der Waals surface area contributed by atoms with E-state index in [-0.39, 0.29) is 5.75 Å². The summed E-state index contributed by atoms with van der Waals surface area (Å²) in [5, 5.41) is 0. The minimum Gasteiger partial charge on any atom is -0.443 e. The van der Waals surface area contributed by atoms with Crippen LogP contribution >= 0.6 is 0 Å². The molecular weight excluding hydrogens is 202 g/mol. The van der Waals surface area contributed by atoms with Crippen molar-refractivity contribution in [2.75, 3.05) is 5.75 Å². The summed E-state index contributed by atoms with van der Waals surface area (Å²) in [7, 11) is -3.15. The molecule has 2 aromatic rings. The molecule has 0 radical (unpaired) electrons. The van der Waals surface area contributed by atoms with Crippen LogP contribution in [0.5, 0.6) is 0 Å². The van der Waals surface area contributed by atoms with Gasteiger partial charge in [-0.15, -0.1) is 0 Å². The predicted molar refractivity (Wildman–Crippen MR) is 51.7 cm³/mol. The van der Waals surface area contributed by atoms with E-state index in [1.807, 2.05) is 0 Å². The van der Waals surface area contributed by atoms with Crippen LogP contribution in [0.3, 0.4) is 0 Å². The molecule has 0 aliphatic rings. The Labute approximate surface area is 81.5 Å². The number of hydrogen-bond acceptors (Lipinski definition) is 4. The summed E-state index contributed by atoms with van der Waals surface area (Å²) < 4.78 is 28.0. The number of nitrogens with zero attached hydrogens (tertiary/aromatic N) is 1. The summed E-state index contributed by atoms with van der Waals surface area (Å²) in [6.45, 7) is 1.61. The van der Waals surface area contributed by atoms with E-state index < -0.39 is 9.84 Å². The van der Waals surface area contributed by atoms with E-state index in [0.717, 1.165) is 0 Å². The second kappa shape index (κ2) is 3.09. The van der Waals surface area contributed by atoms with Gasteiger partial charge in [0.25, 0.3) is 0 Å². The van der Waals surface area contributed by atoms with Crippen molar-refractivity contribution in [3.05, 3.63) is 24.6 Å². The molecular formula is C9H9NO3S. The fourth-order valence-electron chi connectivity index (χ4n) is 1.20. The zero-order chi connectivity index (χ0) is 10.2. The van der Waals surface area contributed by atoms with Gasteiger partial charge in [-0.25, -0.2) is 13.4 Å². The molecule has 5 heteroatoms. The molecule has 14 heavy (non-hydrogen) atoms. The monoisotopic (exact) mass is 211 g/mol. The lowest BCUT2D eigenvalue weighted by molar-refractivity contribution is 0.597. The highest BCUT2D eigenvalue weighted by molar-refractivity contribution is 7.91. The molecule has 2 rings (SSSR count). The number of rotatable bonds is 2. The van der Waals surface area contributed by atoms with Crippen molar-refractivity contribution in [1.29, 1.82) is 0 Å². The smallest absolute Gasteiger partial charge is 0.181 e. The van der Waals surface area contributed by atoms with E-state index >= 15 is 0 Å². The van der Waals surface area contributed by atoms with E-state index in [4.69, 9.17) is 4.42 Å². The Kier molecular flexibility index (Phi) is 2.03. The Morgan fingerprint density at radius 2 is 2.21 bits per heavy atom. The molecule has 1 aromatic heterocycles. The summed E-state index contributed by atoms with van der Waals surface area (Å²) in [5.74, 6) is 0.0936. The average Bonchev–Trinajstić information content (AvgIpc) is 2.64. The number of sulfone groups is 1. The SMILES string of the molecule is CCS(=O)(=O)c1ccc2ocnc2c1. The second-order valence-electron chi connectivity index (χ2n) is 2.89. The average molecular weight is 211 g/mol. The summed E-state index contributed by atoms with van der Waals surface area (Å²) >= 11 is 0. The van der Waals surface area contributed by atoms with E-state index in [1.165, 1.54) is 18.5 Å². The molecule has 1 aromatic carbocycles. The van der Waals surface area contributed by atoms with Gasteiger partial charge in [-0.2, -0.15) is 0 Å². The molecule has 4 nitrogen and oxygen atoms in total. The number of oxazole rings is 1. The fourth-order valence-corrected chi connectivity index (χ4v) is 2.10. The minimum absolute atomic E-state index is 0.0936. The Hall–Kier alpha value is -1.36. The van der Waals surface area contributed by atoms with Crippen LogP contribution in [0.4, 0.5) is 0 Å². The first-order valence-electron chi connectivity index (χ1n) is 4.19. The first kappa shape index (κ1) is 9.21. The normalized spacial score (nSPS) is 12.1. The molecule has 0 saturated carbocycles. The van der Waals surface area contributed by atoms with Crippen LogP contribution < -0.4 is 0 Å². The van der Waals surface area contributed by atoms with Gasteiger partial charge in [0.1, 0.15) is 5.52 Å². The zero-order valence-electron chi connectivity index (χ0n) is 7.60. The summed E-state index contributed by atoms with van der Waals surface area (Å²) in [4.78, 5) is 4.19. The van der Waals surface area contributed by atoms with E-state index in [0.29, 0.717) is 16.0 Å². The van der Waals surface area contributed by atoms with Crippen LogP contribution in [0.25, 0.3) is 11.1 Å².